The molecule has 0 saturated heterocycles. The Balaban J connectivity index is 2.10. The summed E-state index contributed by atoms with van der Waals surface area (Å²) in [5, 5.41) is 2.80. The van der Waals surface area contributed by atoms with Crippen molar-refractivity contribution in [2.45, 2.75) is 24.9 Å². The van der Waals surface area contributed by atoms with E-state index in [2.05, 4.69) is 10.1 Å². The number of ether oxygens (including phenoxy) is 1. The molecule has 1 unspecified atom stereocenters. The molecule has 1 fully saturated rings. The van der Waals surface area contributed by atoms with E-state index in [9.17, 15) is 22.4 Å². The summed E-state index contributed by atoms with van der Waals surface area (Å²) in [6.07, 6.45) is 1.70. The van der Waals surface area contributed by atoms with E-state index in [1.807, 2.05) is 0 Å². The Bertz CT molecular complexity index is 508. The third-order valence-electron chi connectivity index (χ3n) is 2.82. The minimum absolute atomic E-state index is 0.0749. The Morgan fingerprint density at radius 1 is 1.30 bits per heavy atom. The van der Waals surface area contributed by atoms with Gasteiger partial charge in [-0.1, -0.05) is 0 Å². The normalized spacial score (nSPS) is 16.0. The van der Waals surface area contributed by atoms with Crippen LogP contribution in [0.15, 0.2) is 6.07 Å². The minimum atomic E-state index is -1.65. The number of amides is 1. The lowest BCUT2D eigenvalue weighted by Crippen LogP contribution is -2.46. The minimum Gasteiger partial charge on any atom is -0.485 e. The SMILES string of the molecule is NC(=O)C(COc1c(F)c(F)cc(F)c1F)NC1CC1. The average Bonchev–Trinajstić information content (AvgIpc) is 3.18. The van der Waals surface area contributed by atoms with Gasteiger partial charge in [0, 0.05) is 12.1 Å². The Morgan fingerprint density at radius 3 is 2.30 bits per heavy atom. The van der Waals surface area contributed by atoms with Crippen LogP contribution in [-0.4, -0.2) is 24.6 Å². The lowest BCUT2D eigenvalue weighted by atomic mass is 10.2. The highest BCUT2D eigenvalue weighted by atomic mass is 19.2. The highest BCUT2D eigenvalue weighted by Gasteiger charge is 2.29. The lowest BCUT2D eigenvalue weighted by Gasteiger charge is -2.16. The van der Waals surface area contributed by atoms with Gasteiger partial charge in [0.15, 0.2) is 17.4 Å². The quantitative estimate of drug-likeness (QED) is 0.612. The van der Waals surface area contributed by atoms with E-state index in [1.54, 1.807) is 0 Å². The van der Waals surface area contributed by atoms with Crippen LogP contribution in [0.4, 0.5) is 17.6 Å². The maximum absolute atomic E-state index is 13.3. The van der Waals surface area contributed by atoms with Gasteiger partial charge in [0.25, 0.3) is 0 Å². The molecular formula is C12H12F4N2O2. The number of carbonyl (C=O) groups is 1. The van der Waals surface area contributed by atoms with Crippen LogP contribution in [-0.2, 0) is 4.79 Å². The highest BCUT2D eigenvalue weighted by Crippen LogP contribution is 2.26. The maximum atomic E-state index is 13.3. The standard InChI is InChI=1S/C12H12F4N2O2/c13-6-3-7(14)10(16)11(9(6)15)20-4-8(12(17)19)18-5-1-2-5/h3,5,8,18H,1-2,4H2,(H2,17,19). The second-order valence-corrected chi connectivity index (χ2v) is 4.50. The molecule has 0 heterocycles. The molecule has 1 atom stereocenters. The fraction of sp³-hybridized carbons (Fsp3) is 0.417. The number of halogens is 4. The first-order valence-corrected chi connectivity index (χ1v) is 5.91. The summed E-state index contributed by atoms with van der Waals surface area (Å²) in [4.78, 5) is 11.1. The molecule has 0 bridgehead atoms. The Labute approximate surface area is 111 Å². The van der Waals surface area contributed by atoms with Crippen molar-refractivity contribution in [3.63, 3.8) is 0 Å². The van der Waals surface area contributed by atoms with E-state index >= 15 is 0 Å². The van der Waals surface area contributed by atoms with Gasteiger partial charge < -0.3 is 15.8 Å². The molecule has 0 aromatic heterocycles. The number of hydrogen-bond acceptors (Lipinski definition) is 3. The molecule has 4 nitrogen and oxygen atoms in total. The van der Waals surface area contributed by atoms with Gasteiger partial charge in [-0.15, -0.1) is 0 Å². The second-order valence-electron chi connectivity index (χ2n) is 4.50. The monoisotopic (exact) mass is 292 g/mol. The Hall–Kier alpha value is -1.83. The Kier molecular flexibility index (Phi) is 4.12. The highest BCUT2D eigenvalue weighted by molar-refractivity contribution is 5.80. The number of primary amides is 1. The zero-order valence-corrected chi connectivity index (χ0v) is 10.3. The van der Waals surface area contributed by atoms with Crippen molar-refractivity contribution in [1.29, 1.82) is 0 Å². The second kappa shape index (κ2) is 5.66. The molecule has 2 rings (SSSR count). The molecule has 8 heteroatoms. The predicted molar refractivity (Wildman–Crippen MR) is 60.9 cm³/mol. The number of benzene rings is 1. The number of rotatable bonds is 6. The predicted octanol–water partition coefficient (Wildman–Crippen LogP) is 1.23. The van der Waals surface area contributed by atoms with E-state index in [-0.39, 0.29) is 12.1 Å². The molecule has 1 aliphatic carbocycles. The van der Waals surface area contributed by atoms with Gasteiger partial charge in [-0.2, -0.15) is 8.78 Å². The molecule has 1 saturated carbocycles. The van der Waals surface area contributed by atoms with Crippen LogP contribution in [0.3, 0.4) is 0 Å². The van der Waals surface area contributed by atoms with Crippen LogP contribution in [0.25, 0.3) is 0 Å². The van der Waals surface area contributed by atoms with Crippen molar-refractivity contribution in [3.8, 4) is 5.75 Å². The summed E-state index contributed by atoms with van der Waals surface area (Å²) in [6, 6.07) is -0.825. The van der Waals surface area contributed by atoms with Crippen LogP contribution >= 0.6 is 0 Å². The molecule has 1 amide bonds. The third-order valence-corrected chi connectivity index (χ3v) is 2.82. The molecule has 0 radical (unpaired) electrons. The molecular weight excluding hydrogens is 280 g/mol. The topological polar surface area (TPSA) is 64.4 Å². The largest absolute Gasteiger partial charge is 0.485 e. The van der Waals surface area contributed by atoms with Gasteiger partial charge in [0.1, 0.15) is 12.6 Å². The number of nitrogens with one attached hydrogen (secondary N) is 1. The van der Waals surface area contributed by atoms with Gasteiger partial charge in [-0.25, -0.2) is 8.78 Å². The Morgan fingerprint density at radius 2 is 1.85 bits per heavy atom. The fourth-order valence-corrected chi connectivity index (χ4v) is 1.59. The van der Waals surface area contributed by atoms with E-state index in [1.165, 1.54) is 0 Å². The number of nitrogens with two attached hydrogens (primary N) is 1. The van der Waals surface area contributed by atoms with Crippen LogP contribution in [0.5, 0.6) is 5.75 Å². The first kappa shape index (κ1) is 14.6. The number of hydrogen-bond donors (Lipinski definition) is 2. The van der Waals surface area contributed by atoms with Gasteiger partial charge in [0.05, 0.1) is 0 Å². The molecule has 20 heavy (non-hydrogen) atoms. The van der Waals surface area contributed by atoms with Crippen molar-refractivity contribution in [2.75, 3.05) is 6.61 Å². The number of carbonyl (C=O) groups excluding carboxylic acids is 1. The van der Waals surface area contributed by atoms with Crippen molar-refractivity contribution in [1.82, 2.24) is 5.32 Å². The summed E-state index contributed by atoms with van der Waals surface area (Å²) in [6.45, 7) is -0.525. The van der Waals surface area contributed by atoms with E-state index in [0.29, 0.717) is 0 Å². The summed E-state index contributed by atoms with van der Waals surface area (Å²) < 4.78 is 57.2. The van der Waals surface area contributed by atoms with E-state index < -0.39 is 47.6 Å². The maximum Gasteiger partial charge on any atom is 0.238 e. The van der Waals surface area contributed by atoms with Crippen molar-refractivity contribution in [2.24, 2.45) is 5.73 Å². The van der Waals surface area contributed by atoms with Crippen LogP contribution in [0.2, 0.25) is 0 Å². The molecule has 1 aromatic rings. The smallest absolute Gasteiger partial charge is 0.238 e. The summed E-state index contributed by atoms with van der Waals surface area (Å²) in [7, 11) is 0. The lowest BCUT2D eigenvalue weighted by molar-refractivity contribution is -0.120. The van der Waals surface area contributed by atoms with Crippen LogP contribution in [0, 0.1) is 23.3 Å². The van der Waals surface area contributed by atoms with E-state index in [0.717, 1.165) is 12.8 Å². The summed E-state index contributed by atoms with van der Waals surface area (Å²) in [5.41, 5.74) is 5.10. The van der Waals surface area contributed by atoms with E-state index in [4.69, 9.17) is 5.73 Å². The van der Waals surface area contributed by atoms with Crippen molar-refractivity contribution < 1.29 is 27.1 Å². The summed E-state index contributed by atoms with van der Waals surface area (Å²) in [5.74, 6) is -8.45. The van der Waals surface area contributed by atoms with Gasteiger partial charge in [-0.05, 0) is 12.8 Å². The molecule has 110 valence electrons. The third kappa shape index (κ3) is 3.19. The molecule has 1 aliphatic rings. The first-order chi connectivity index (χ1) is 9.40. The first-order valence-electron chi connectivity index (χ1n) is 5.91. The fourth-order valence-electron chi connectivity index (χ4n) is 1.59. The van der Waals surface area contributed by atoms with Crippen LogP contribution in [0.1, 0.15) is 12.8 Å². The van der Waals surface area contributed by atoms with Gasteiger partial charge >= 0.3 is 0 Å². The molecule has 1 aromatic carbocycles. The van der Waals surface area contributed by atoms with Gasteiger partial charge in [-0.3, -0.25) is 4.79 Å². The molecule has 0 aliphatic heterocycles. The van der Waals surface area contributed by atoms with Crippen molar-refractivity contribution >= 4 is 5.91 Å². The summed E-state index contributed by atoms with van der Waals surface area (Å²) >= 11 is 0. The van der Waals surface area contributed by atoms with Gasteiger partial charge in [0.2, 0.25) is 17.5 Å². The zero-order chi connectivity index (χ0) is 14.9. The van der Waals surface area contributed by atoms with Crippen LogP contribution < -0.4 is 15.8 Å². The zero-order valence-electron chi connectivity index (χ0n) is 10.3. The average molecular weight is 292 g/mol. The van der Waals surface area contributed by atoms with Crippen molar-refractivity contribution in [3.05, 3.63) is 29.3 Å². The molecule has 0 spiro atoms. The molecule has 3 N–H and O–H groups in total.